The number of fused-ring (bicyclic) bond motifs is 1. The first-order chi connectivity index (χ1) is 8.69. The van der Waals surface area contributed by atoms with Crippen LogP contribution in [0.25, 0.3) is 10.9 Å². The highest BCUT2D eigenvalue weighted by atomic mass is 16.2. The minimum Gasteiger partial charge on any atom is -0.346 e. The molecule has 0 bridgehead atoms. The molecule has 0 saturated carbocycles. The Morgan fingerprint density at radius 2 is 2.22 bits per heavy atom. The Morgan fingerprint density at radius 1 is 1.44 bits per heavy atom. The van der Waals surface area contributed by atoms with Gasteiger partial charge >= 0.3 is 0 Å². The van der Waals surface area contributed by atoms with Crippen molar-refractivity contribution < 1.29 is 9.59 Å². The highest BCUT2D eigenvalue weighted by Gasteiger charge is 2.10. The number of nitrogens with zero attached hydrogens (tertiary/aromatic N) is 1. The van der Waals surface area contributed by atoms with E-state index in [4.69, 9.17) is 0 Å². The smallest absolute Gasteiger partial charge is 0.217 e. The van der Waals surface area contributed by atoms with Gasteiger partial charge in [-0.2, -0.15) is 0 Å². The molecule has 0 fully saturated rings. The largest absolute Gasteiger partial charge is 0.346 e. The highest BCUT2D eigenvalue weighted by Crippen LogP contribution is 2.13. The van der Waals surface area contributed by atoms with Gasteiger partial charge in [-0.15, -0.1) is 0 Å². The van der Waals surface area contributed by atoms with Crippen LogP contribution >= 0.6 is 0 Å². The molecule has 0 saturated heterocycles. The number of pyridine rings is 1. The summed E-state index contributed by atoms with van der Waals surface area (Å²) in [4.78, 5) is 26.1. The third kappa shape index (κ3) is 2.91. The number of hydrogen-bond acceptors (Lipinski definition) is 3. The van der Waals surface area contributed by atoms with Gasteiger partial charge < -0.3 is 10.1 Å². The second-order valence-corrected chi connectivity index (χ2v) is 4.18. The Bertz CT molecular complexity index is 581. The molecule has 4 heteroatoms. The Kier molecular flexibility index (Phi) is 3.67. The molecule has 92 valence electrons. The molecule has 1 amide bonds. The van der Waals surface area contributed by atoms with Gasteiger partial charge in [0.15, 0.2) is 0 Å². The first kappa shape index (κ1) is 12.2. The van der Waals surface area contributed by atoms with Crippen LogP contribution in [0.15, 0.2) is 36.5 Å². The molecule has 0 aliphatic heterocycles. The molecule has 1 aromatic carbocycles. The van der Waals surface area contributed by atoms with Crippen LogP contribution in [-0.4, -0.2) is 23.2 Å². The molecule has 18 heavy (non-hydrogen) atoms. The molecule has 1 atom stereocenters. The maximum Gasteiger partial charge on any atom is 0.217 e. The van der Waals surface area contributed by atoms with Crippen LogP contribution in [0.4, 0.5) is 0 Å². The molecule has 2 rings (SSSR count). The van der Waals surface area contributed by atoms with E-state index in [1.165, 1.54) is 6.92 Å². The number of aldehydes is 1. The third-order valence-electron chi connectivity index (χ3n) is 2.66. The fraction of sp³-hybridized carbons (Fsp3) is 0.214. The first-order valence-corrected chi connectivity index (χ1v) is 5.75. The summed E-state index contributed by atoms with van der Waals surface area (Å²) < 4.78 is 0. The number of nitrogens with one attached hydrogen (secondary N) is 1. The lowest BCUT2D eigenvalue weighted by Crippen LogP contribution is -2.35. The predicted octanol–water partition coefficient (Wildman–Crippen LogP) is 1.48. The van der Waals surface area contributed by atoms with Gasteiger partial charge in [0.2, 0.25) is 5.91 Å². The van der Waals surface area contributed by atoms with Crippen molar-refractivity contribution in [3.63, 3.8) is 0 Å². The zero-order valence-corrected chi connectivity index (χ0v) is 10.1. The number of carbonyl (C=O) groups excluding carboxylic acids is 2. The van der Waals surface area contributed by atoms with Crippen LogP contribution in [0.2, 0.25) is 0 Å². The predicted molar refractivity (Wildman–Crippen MR) is 69.1 cm³/mol. The lowest BCUT2D eigenvalue weighted by Gasteiger charge is -2.11. The molecular weight excluding hydrogens is 228 g/mol. The van der Waals surface area contributed by atoms with E-state index in [-0.39, 0.29) is 5.91 Å². The van der Waals surface area contributed by atoms with Crippen molar-refractivity contribution in [3.8, 4) is 0 Å². The van der Waals surface area contributed by atoms with E-state index < -0.39 is 6.04 Å². The SMILES string of the molecule is CC(=O)N[C@H](C=O)Cc1cnc2ccccc2c1. The summed E-state index contributed by atoms with van der Waals surface area (Å²) in [7, 11) is 0. The Balaban J connectivity index is 2.20. The molecule has 1 aromatic heterocycles. The van der Waals surface area contributed by atoms with Gasteiger partial charge in [0.1, 0.15) is 6.29 Å². The molecule has 0 aliphatic carbocycles. The first-order valence-electron chi connectivity index (χ1n) is 5.75. The maximum atomic E-state index is 10.9. The van der Waals surface area contributed by atoms with Crippen molar-refractivity contribution in [2.75, 3.05) is 0 Å². The zero-order chi connectivity index (χ0) is 13.0. The standard InChI is InChI=1S/C14H14N2O2/c1-10(18)16-13(9-17)7-11-6-12-4-2-3-5-14(12)15-8-11/h2-6,8-9,13H,7H2,1H3,(H,16,18)/t13-/m0/s1. The summed E-state index contributed by atoms with van der Waals surface area (Å²) in [5, 5.41) is 3.62. The van der Waals surface area contributed by atoms with Crippen LogP contribution in [0.3, 0.4) is 0 Å². The fourth-order valence-electron chi connectivity index (χ4n) is 1.88. The van der Waals surface area contributed by atoms with Crippen molar-refractivity contribution in [2.45, 2.75) is 19.4 Å². The molecule has 0 unspecified atom stereocenters. The topological polar surface area (TPSA) is 59.1 Å². The van der Waals surface area contributed by atoms with E-state index in [1.54, 1.807) is 6.20 Å². The van der Waals surface area contributed by atoms with E-state index in [0.717, 1.165) is 22.8 Å². The number of benzene rings is 1. The van der Waals surface area contributed by atoms with Crippen molar-refractivity contribution in [3.05, 3.63) is 42.1 Å². The van der Waals surface area contributed by atoms with Crippen molar-refractivity contribution in [1.29, 1.82) is 0 Å². The molecule has 0 spiro atoms. The average molecular weight is 242 g/mol. The lowest BCUT2D eigenvalue weighted by molar-refractivity contribution is -0.122. The number of amides is 1. The summed E-state index contributed by atoms with van der Waals surface area (Å²) in [6, 6.07) is 9.27. The van der Waals surface area contributed by atoms with E-state index in [0.29, 0.717) is 6.42 Å². The minimum absolute atomic E-state index is 0.208. The molecule has 0 aliphatic rings. The van der Waals surface area contributed by atoms with Crippen LogP contribution in [0, 0.1) is 0 Å². The Hall–Kier alpha value is -2.23. The number of aromatic nitrogens is 1. The number of hydrogen-bond donors (Lipinski definition) is 1. The second-order valence-electron chi connectivity index (χ2n) is 4.18. The normalized spacial score (nSPS) is 12.1. The number of carbonyl (C=O) groups is 2. The summed E-state index contributed by atoms with van der Waals surface area (Å²) in [5.41, 5.74) is 1.85. The van der Waals surface area contributed by atoms with Gasteiger partial charge in [-0.1, -0.05) is 18.2 Å². The lowest BCUT2D eigenvalue weighted by atomic mass is 10.1. The Labute approximate surface area is 105 Å². The van der Waals surface area contributed by atoms with Gasteiger partial charge in [-0.05, 0) is 17.7 Å². The van der Waals surface area contributed by atoms with E-state index in [2.05, 4.69) is 10.3 Å². The average Bonchev–Trinajstić information content (AvgIpc) is 2.37. The molecule has 1 N–H and O–H groups in total. The van der Waals surface area contributed by atoms with Crippen molar-refractivity contribution in [1.82, 2.24) is 10.3 Å². The Morgan fingerprint density at radius 3 is 2.94 bits per heavy atom. The maximum absolute atomic E-state index is 10.9. The van der Waals surface area contributed by atoms with Gasteiger partial charge in [0.25, 0.3) is 0 Å². The fourth-order valence-corrected chi connectivity index (χ4v) is 1.88. The van der Waals surface area contributed by atoms with E-state index in [9.17, 15) is 9.59 Å². The van der Waals surface area contributed by atoms with Gasteiger partial charge in [-0.25, -0.2) is 0 Å². The third-order valence-corrected chi connectivity index (χ3v) is 2.66. The van der Waals surface area contributed by atoms with Gasteiger partial charge in [0, 0.05) is 24.9 Å². The summed E-state index contributed by atoms with van der Waals surface area (Å²) in [5.74, 6) is -0.208. The number of para-hydroxylation sites is 1. The highest BCUT2D eigenvalue weighted by molar-refractivity contribution is 5.79. The van der Waals surface area contributed by atoms with E-state index >= 15 is 0 Å². The molecule has 2 aromatic rings. The summed E-state index contributed by atoms with van der Waals surface area (Å²) in [6.45, 7) is 1.40. The molecule has 4 nitrogen and oxygen atoms in total. The molecule has 0 radical (unpaired) electrons. The molecular formula is C14H14N2O2. The monoisotopic (exact) mass is 242 g/mol. The van der Waals surface area contributed by atoms with Crippen LogP contribution in [0.1, 0.15) is 12.5 Å². The van der Waals surface area contributed by atoms with Gasteiger partial charge in [0.05, 0.1) is 11.6 Å². The summed E-state index contributed by atoms with van der Waals surface area (Å²) in [6.07, 6.45) is 2.94. The quantitative estimate of drug-likeness (QED) is 0.826. The van der Waals surface area contributed by atoms with Crippen LogP contribution < -0.4 is 5.32 Å². The zero-order valence-electron chi connectivity index (χ0n) is 10.1. The van der Waals surface area contributed by atoms with Crippen molar-refractivity contribution >= 4 is 23.1 Å². The summed E-state index contributed by atoms with van der Waals surface area (Å²) >= 11 is 0. The van der Waals surface area contributed by atoms with Crippen LogP contribution in [-0.2, 0) is 16.0 Å². The van der Waals surface area contributed by atoms with Crippen molar-refractivity contribution in [2.24, 2.45) is 0 Å². The van der Waals surface area contributed by atoms with E-state index in [1.807, 2.05) is 30.3 Å². The second kappa shape index (κ2) is 5.40. The number of rotatable bonds is 4. The van der Waals surface area contributed by atoms with Crippen LogP contribution in [0.5, 0.6) is 0 Å². The minimum atomic E-state index is -0.495. The van der Waals surface area contributed by atoms with Gasteiger partial charge in [-0.3, -0.25) is 9.78 Å². The molecule has 1 heterocycles.